The predicted octanol–water partition coefficient (Wildman–Crippen LogP) is 3.08. The van der Waals surface area contributed by atoms with E-state index in [1.54, 1.807) is 12.1 Å². The number of unbranched alkanes of at least 4 members (excludes halogenated alkanes) is 2. The lowest BCUT2D eigenvalue weighted by Gasteiger charge is -2.26. The second-order valence-corrected chi connectivity index (χ2v) is 7.20. The Balaban J connectivity index is 3.01. The summed E-state index contributed by atoms with van der Waals surface area (Å²) in [6.07, 6.45) is 5.68. The van der Waals surface area contributed by atoms with E-state index in [0.29, 0.717) is 5.69 Å². The fourth-order valence-electron chi connectivity index (χ4n) is 2.10. The van der Waals surface area contributed by atoms with Crippen molar-refractivity contribution in [3.63, 3.8) is 0 Å². The third kappa shape index (κ3) is 4.71. The van der Waals surface area contributed by atoms with Gasteiger partial charge in [-0.05, 0) is 31.0 Å². The number of benzene rings is 1. The van der Waals surface area contributed by atoms with E-state index in [0.717, 1.165) is 44.5 Å². The molecule has 0 radical (unpaired) electrons. The van der Waals surface area contributed by atoms with Crippen LogP contribution >= 0.6 is 0 Å². The van der Waals surface area contributed by atoms with Crippen LogP contribution in [-0.4, -0.2) is 27.8 Å². The molecule has 4 nitrogen and oxygen atoms in total. The van der Waals surface area contributed by atoms with E-state index in [9.17, 15) is 8.42 Å². The summed E-state index contributed by atoms with van der Waals surface area (Å²) in [4.78, 5) is 2.54. The lowest BCUT2D eigenvalue weighted by molar-refractivity contribution is 0.602. The first kappa shape index (κ1) is 16.8. The van der Waals surface area contributed by atoms with E-state index in [-0.39, 0.29) is 4.90 Å². The lowest BCUT2D eigenvalue weighted by Crippen LogP contribution is -2.26. The van der Waals surface area contributed by atoms with Crippen LogP contribution in [0.1, 0.15) is 39.5 Å². The average Bonchev–Trinajstić information content (AvgIpc) is 2.38. The van der Waals surface area contributed by atoms with Crippen LogP contribution in [0.2, 0.25) is 0 Å². The van der Waals surface area contributed by atoms with Crippen LogP contribution in [0.5, 0.6) is 0 Å². The quantitative estimate of drug-likeness (QED) is 0.749. The zero-order chi connectivity index (χ0) is 15.2. The third-order valence-corrected chi connectivity index (χ3v) is 4.44. The minimum atomic E-state index is -3.20. The average molecular weight is 298 g/mol. The maximum absolute atomic E-state index is 11.5. The van der Waals surface area contributed by atoms with Gasteiger partial charge in [0.15, 0.2) is 9.84 Å². The second kappa shape index (κ2) is 7.53. The highest BCUT2D eigenvalue weighted by Crippen LogP contribution is 2.27. The van der Waals surface area contributed by atoms with Gasteiger partial charge < -0.3 is 10.6 Å². The van der Waals surface area contributed by atoms with Crippen molar-refractivity contribution in [3.05, 3.63) is 18.2 Å². The summed E-state index contributed by atoms with van der Waals surface area (Å²) < 4.78 is 23.1. The highest BCUT2D eigenvalue weighted by Gasteiger charge is 2.13. The van der Waals surface area contributed by atoms with Crippen molar-refractivity contribution < 1.29 is 8.42 Å². The van der Waals surface area contributed by atoms with Gasteiger partial charge in [-0.3, -0.25) is 0 Å². The highest BCUT2D eigenvalue weighted by molar-refractivity contribution is 7.90. The minimum Gasteiger partial charge on any atom is -0.397 e. The largest absolute Gasteiger partial charge is 0.397 e. The summed E-state index contributed by atoms with van der Waals surface area (Å²) >= 11 is 0. The number of sulfone groups is 1. The Bertz CT molecular complexity index is 519. The molecule has 1 aromatic carbocycles. The van der Waals surface area contributed by atoms with Gasteiger partial charge in [-0.1, -0.05) is 26.7 Å². The summed E-state index contributed by atoms with van der Waals surface area (Å²) in [5, 5.41) is 0. The number of hydrogen-bond donors (Lipinski definition) is 1. The van der Waals surface area contributed by atoms with Crippen LogP contribution in [0.15, 0.2) is 23.1 Å². The molecule has 1 rings (SSSR count). The topological polar surface area (TPSA) is 63.4 Å². The van der Waals surface area contributed by atoms with Gasteiger partial charge in [0.2, 0.25) is 0 Å². The van der Waals surface area contributed by atoms with Crippen molar-refractivity contribution in [2.45, 2.75) is 44.4 Å². The van der Waals surface area contributed by atoms with Gasteiger partial charge in [-0.15, -0.1) is 0 Å². The van der Waals surface area contributed by atoms with Gasteiger partial charge in [0.05, 0.1) is 16.3 Å². The predicted molar refractivity (Wildman–Crippen MR) is 86.0 cm³/mol. The molecule has 0 bridgehead atoms. The Labute approximate surface area is 122 Å². The van der Waals surface area contributed by atoms with Crippen molar-refractivity contribution in [3.8, 4) is 0 Å². The van der Waals surface area contributed by atoms with E-state index in [1.807, 2.05) is 6.07 Å². The van der Waals surface area contributed by atoms with Crippen LogP contribution in [0.25, 0.3) is 0 Å². The molecule has 114 valence electrons. The van der Waals surface area contributed by atoms with E-state index in [2.05, 4.69) is 18.7 Å². The number of anilines is 2. The first-order valence-electron chi connectivity index (χ1n) is 7.24. The van der Waals surface area contributed by atoms with Crippen molar-refractivity contribution in [1.29, 1.82) is 0 Å². The number of rotatable bonds is 8. The maximum Gasteiger partial charge on any atom is 0.175 e. The van der Waals surface area contributed by atoms with Crippen molar-refractivity contribution >= 4 is 21.2 Å². The molecule has 0 atom stereocenters. The Morgan fingerprint density at radius 3 is 2.05 bits per heavy atom. The van der Waals surface area contributed by atoms with Gasteiger partial charge in [0.25, 0.3) is 0 Å². The summed E-state index contributed by atoms with van der Waals surface area (Å²) in [6.45, 7) is 6.24. The van der Waals surface area contributed by atoms with Crippen LogP contribution in [0.3, 0.4) is 0 Å². The van der Waals surface area contributed by atoms with Crippen molar-refractivity contribution in [1.82, 2.24) is 0 Å². The van der Waals surface area contributed by atoms with Crippen LogP contribution in [0, 0.1) is 0 Å². The highest BCUT2D eigenvalue weighted by atomic mass is 32.2. The molecule has 0 aliphatic heterocycles. The van der Waals surface area contributed by atoms with E-state index in [4.69, 9.17) is 5.73 Å². The molecule has 0 saturated carbocycles. The SMILES string of the molecule is CCCCN(CCCC)c1ccc(S(C)(=O)=O)cc1N. The minimum absolute atomic E-state index is 0.282. The van der Waals surface area contributed by atoms with Gasteiger partial charge >= 0.3 is 0 Å². The molecule has 20 heavy (non-hydrogen) atoms. The fraction of sp³-hybridized carbons (Fsp3) is 0.600. The van der Waals surface area contributed by atoms with Crippen molar-refractivity contribution in [2.75, 3.05) is 30.0 Å². The summed E-state index contributed by atoms with van der Waals surface area (Å²) in [6, 6.07) is 5.04. The smallest absolute Gasteiger partial charge is 0.175 e. The molecule has 0 fully saturated rings. The zero-order valence-corrected chi connectivity index (χ0v) is 13.5. The van der Waals surface area contributed by atoms with Gasteiger partial charge in [-0.25, -0.2) is 8.42 Å². The molecule has 0 saturated heterocycles. The molecule has 0 aliphatic carbocycles. The number of hydrogen-bond acceptors (Lipinski definition) is 4. The maximum atomic E-state index is 11.5. The molecule has 0 heterocycles. The second-order valence-electron chi connectivity index (χ2n) is 5.19. The zero-order valence-electron chi connectivity index (χ0n) is 12.7. The normalized spacial score (nSPS) is 11.6. The summed E-state index contributed by atoms with van der Waals surface area (Å²) in [7, 11) is -3.20. The Hall–Kier alpha value is -1.23. The molecule has 0 spiro atoms. The number of nitrogen functional groups attached to an aromatic ring is 1. The molecular formula is C15H26N2O2S. The number of nitrogens with two attached hydrogens (primary N) is 1. The fourth-order valence-corrected chi connectivity index (χ4v) is 2.76. The van der Waals surface area contributed by atoms with Crippen LogP contribution in [0.4, 0.5) is 11.4 Å². The first-order chi connectivity index (χ1) is 9.40. The Morgan fingerprint density at radius 2 is 1.65 bits per heavy atom. The molecule has 0 aromatic heterocycles. The van der Waals surface area contributed by atoms with Gasteiger partial charge in [0.1, 0.15) is 0 Å². The molecule has 5 heteroatoms. The Kier molecular flexibility index (Phi) is 6.33. The van der Waals surface area contributed by atoms with E-state index < -0.39 is 9.84 Å². The van der Waals surface area contributed by atoms with Crippen LogP contribution < -0.4 is 10.6 Å². The summed E-state index contributed by atoms with van der Waals surface area (Å²) in [5.41, 5.74) is 7.54. The molecular weight excluding hydrogens is 272 g/mol. The standard InChI is InChI=1S/C15H26N2O2S/c1-4-6-10-17(11-7-5-2)15-9-8-13(12-14(15)16)20(3,18)19/h8-9,12H,4-7,10-11,16H2,1-3H3. The monoisotopic (exact) mass is 298 g/mol. The molecule has 2 N–H and O–H groups in total. The third-order valence-electron chi connectivity index (χ3n) is 3.33. The lowest BCUT2D eigenvalue weighted by atomic mass is 10.2. The first-order valence-corrected chi connectivity index (χ1v) is 9.13. The molecule has 0 unspecified atom stereocenters. The Morgan fingerprint density at radius 1 is 1.10 bits per heavy atom. The van der Waals surface area contributed by atoms with Gasteiger partial charge in [0, 0.05) is 19.3 Å². The van der Waals surface area contributed by atoms with Gasteiger partial charge in [-0.2, -0.15) is 0 Å². The molecule has 0 aliphatic rings. The van der Waals surface area contributed by atoms with Crippen LogP contribution in [-0.2, 0) is 9.84 Å². The number of nitrogens with zero attached hydrogens (tertiary/aromatic N) is 1. The van der Waals surface area contributed by atoms with Crippen molar-refractivity contribution in [2.24, 2.45) is 0 Å². The van der Waals surface area contributed by atoms with E-state index in [1.165, 1.54) is 6.26 Å². The summed E-state index contributed by atoms with van der Waals surface area (Å²) in [5.74, 6) is 0. The molecule has 1 aromatic rings. The van der Waals surface area contributed by atoms with E-state index >= 15 is 0 Å². The molecule has 0 amide bonds.